The molecule has 1 aliphatic heterocycles. The van der Waals surface area contributed by atoms with E-state index >= 15 is 0 Å². The number of carbonyl (C=O) groups excluding carboxylic acids is 1. The molecule has 1 saturated heterocycles. The van der Waals surface area contributed by atoms with Crippen LogP contribution < -0.4 is 5.32 Å². The van der Waals surface area contributed by atoms with Gasteiger partial charge in [-0.2, -0.15) is 0 Å². The summed E-state index contributed by atoms with van der Waals surface area (Å²) in [5.74, 6) is -3.18. The van der Waals surface area contributed by atoms with Gasteiger partial charge in [-0.25, -0.2) is 4.79 Å². The fraction of sp³-hybridized carbons (Fsp3) is 0.476. The van der Waals surface area contributed by atoms with Crippen LogP contribution in [0.3, 0.4) is 0 Å². The predicted octanol–water partition coefficient (Wildman–Crippen LogP) is -1.41. The fourth-order valence-corrected chi connectivity index (χ4v) is 3.88. The Kier molecular flexibility index (Phi) is 7.66. The van der Waals surface area contributed by atoms with Crippen LogP contribution in [0.25, 0.3) is 10.9 Å². The van der Waals surface area contributed by atoms with Gasteiger partial charge in [-0.05, 0) is 18.1 Å². The second-order valence-corrected chi connectivity index (χ2v) is 7.87. The summed E-state index contributed by atoms with van der Waals surface area (Å²) in [4.78, 5) is 34.6. The largest absolute Gasteiger partial charge is 0.481 e. The molecular weight excluding hydrogens is 440 g/mol. The summed E-state index contributed by atoms with van der Waals surface area (Å²) in [7, 11) is 0. The van der Waals surface area contributed by atoms with E-state index in [9.17, 15) is 39.9 Å². The number of hydrogen-bond donors (Lipinski definition) is 7. The van der Waals surface area contributed by atoms with Gasteiger partial charge < -0.3 is 45.3 Å². The number of carboxylic acid groups (broad SMARTS) is 2. The Morgan fingerprint density at radius 1 is 1.06 bits per heavy atom. The van der Waals surface area contributed by atoms with E-state index < -0.39 is 67.6 Å². The number of aromatic nitrogens is 1. The number of aliphatic hydroxyl groups is 4. The van der Waals surface area contributed by atoms with E-state index in [2.05, 4.69) is 5.32 Å². The minimum absolute atomic E-state index is 0.248. The standard InChI is InChI=1S/C21H26N2O10/c24-9-14-17(28)18(29)19(30)20(33-14)23-8-10(11-3-1-2-4-13(11)23)7-15(25)22-12(21(31)32)5-6-16(26)27/h1-4,8,12,14,17-20,24,28-30H,5-7,9H2,(H,22,25)(H,26,27)(H,31,32)/t12-,14+,17+,18-,19+,20+/m0/s1. The first kappa shape index (κ1) is 24.6. The lowest BCUT2D eigenvalue weighted by molar-refractivity contribution is -0.250. The number of amides is 1. The molecule has 6 atom stereocenters. The number of aliphatic hydroxyl groups excluding tert-OH is 4. The number of nitrogens with zero attached hydrogens (tertiary/aromatic N) is 1. The number of carbonyl (C=O) groups is 3. The van der Waals surface area contributed by atoms with Crippen LogP contribution in [0.2, 0.25) is 0 Å². The van der Waals surface area contributed by atoms with E-state index in [1.165, 1.54) is 10.8 Å². The zero-order valence-electron chi connectivity index (χ0n) is 17.4. The number of hydrogen-bond acceptors (Lipinski definition) is 8. The maximum atomic E-state index is 12.5. The molecule has 2 aromatic rings. The molecule has 2 heterocycles. The van der Waals surface area contributed by atoms with Crippen molar-refractivity contribution in [2.24, 2.45) is 0 Å². The maximum Gasteiger partial charge on any atom is 0.326 e. The van der Waals surface area contributed by atoms with Gasteiger partial charge in [0.2, 0.25) is 5.91 Å². The number of benzene rings is 1. The zero-order valence-corrected chi connectivity index (χ0v) is 17.4. The van der Waals surface area contributed by atoms with E-state index in [0.29, 0.717) is 16.5 Å². The highest BCUT2D eigenvalue weighted by atomic mass is 16.6. The van der Waals surface area contributed by atoms with Crippen LogP contribution in [-0.2, 0) is 25.5 Å². The Morgan fingerprint density at radius 2 is 1.76 bits per heavy atom. The SMILES string of the molecule is O=C(O)CC[C@H](NC(=O)Cc1cn([C@@H]2O[C@H](CO)[C@@H](O)[C@H](O)[C@H]2O)c2ccccc12)C(=O)O. The van der Waals surface area contributed by atoms with Gasteiger partial charge >= 0.3 is 11.9 Å². The van der Waals surface area contributed by atoms with Gasteiger partial charge in [-0.3, -0.25) is 9.59 Å². The molecule has 180 valence electrons. The number of nitrogens with one attached hydrogen (secondary N) is 1. The summed E-state index contributed by atoms with van der Waals surface area (Å²) < 4.78 is 7.08. The Morgan fingerprint density at radius 3 is 2.39 bits per heavy atom. The Labute approximate surface area is 187 Å². The van der Waals surface area contributed by atoms with Crippen LogP contribution in [0.4, 0.5) is 0 Å². The van der Waals surface area contributed by atoms with Crippen molar-refractivity contribution >= 4 is 28.7 Å². The van der Waals surface area contributed by atoms with Gasteiger partial charge in [-0.1, -0.05) is 18.2 Å². The molecule has 0 bridgehead atoms. The molecule has 1 aromatic heterocycles. The van der Waals surface area contributed by atoms with Gasteiger partial charge in [0.1, 0.15) is 30.5 Å². The lowest BCUT2D eigenvalue weighted by Gasteiger charge is -2.40. The number of fused-ring (bicyclic) bond motifs is 1. The summed E-state index contributed by atoms with van der Waals surface area (Å²) >= 11 is 0. The Hall–Kier alpha value is -3.03. The van der Waals surface area contributed by atoms with Crippen LogP contribution in [0.1, 0.15) is 24.6 Å². The van der Waals surface area contributed by atoms with Crippen molar-refractivity contribution in [3.63, 3.8) is 0 Å². The molecule has 0 saturated carbocycles. The number of para-hydroxylation sites is 1. The summed E-state index contributed by atoms with van der Waals surface area (Å²) in [6.07, 6.45) is -6.38. The van der Waals surface area contributed by atoms with Gasteiger partial charge in [-0.15, -0.1) is 0 Å². The van der Waals surface area contributed by atoms with Gasteiger partial charge in [0, 0.05) is 18.0 Å². The normalized spacial score (nSPS) is 26.1. The Balaban J connectivity index is 1.86. The second kappa shape index (κ2) is 10.3. The minimum atomic E-state index is -1.58. The highest BCUT2D eigenvalue weighted by Gasteiger charge is 2.44. The van der Waals surface area contributed by atoms with Crippen molar-refractivity contribution in [1.29, 1.82) is 0 Å². The van der Waals surface area contributed by atoms with E-state index in [4.69, 9.17) is 9.84 Å². The fourth-order valence-electron chi connectivity index (χ4n) is 3.88. The molecule has 0 spiro atoms. The van der Waals surface area contributed by atoms with Gasteiger partial charge in [0.05, 0.1) is 18.5 Å². The number of rotatable bonds is 9. The summed E-state index contributed by atoms with van der Waals surface area (Å²) in [5, 5.41) is 61.0. The molecule has 1 aliphatic rings. The monoisotopic (exact) mass is 466 g/mol. The number of ether oxygens (including phenoxy) is 1. The first-order chi connectivity index (χ1) is 15.6. The maximum absolute atomic E-state index is 12.5. The highest BCUT2D eigenvalue weighted by molar-refractivity contribution is 5.91. The molecule has 1 aromatic carbocycles. The third kappa shape index (κ3) is 5.31. The molecule has 7 N–H and O–H groups in total. The van der Waals surface area contributed by atoms with Crippen LogP contribution >= 0.6 is 0 Å². The number of aliphatic carboxylic acids is 2. The highest BCUT2D eigenvalue weighted by Crippen LogP contribution is 2.33. The topological polar surface area (TPSA) is 199 Å². The van der Waals surface area contributed by atoms with Crippen LogP contribution in [0, 0.1) is 0 Å². The van der Waals surface area contributed by atoms with Gasteiger partial charge in [0.25, 0.3) is 0 Å². The van der Waals surface area contributed by atoms with Crippen molar-refractivity contribution < 1.29 is 49.8 Å². The Bertz CT molecular complexity index is 1020. The summed E-state index contributed by atoms with van der Waals surface area (Å²) in [6, 6.07) is 5.45. The van der Waals surface area contributed by atoms with Crippen LogP contribution in [0.15, 0.2) is 30.5 Å². The van der Waals surface area contributed by atoms with Crippen LogP contribution in [0.5, 0.6) is 0 Å². The molecule has 0 aliphatic carbocycles. The summed E-state index contributed by atoms with van der Waals surface area (Å²) in [5.41, 5.74) is 0.993. The van der Waals surface area contributed by atoms with E-state index in [-0.39, 0.29) is 12.8 Å². The van der Waals surface area contributed by atoms with Crippen molar-refractivity contribution in [3.05, 3.63) is 36.0 Å². The van der Waals surface area contributed by atoms with Crippen LogP contribution in [-0.4, -0.2) is 90.1 Å². The molecule has 0 radical (unpaired) electrons. The van der Waals surface area contributed by atoms with E-state index in [1.54, 1.807) is 24.3 Å². The molecule has 12 nitrogen and oxygen atoms in total. The van der Waals surface area contributed by atoms with Crippen molar-refractivity contribution in [2.75, 3.05) is 6.61 Å². The lowest BCUT2D eigenvalue weighted by Crippen LogP contribution is -2.56. The molecule has 0 unspecified atom stereocenters. The molecule has 1 amide bonds. The molecule has 12 heteroatoms. The molecular formula is C21H26N2O10. The first-order valence-electron chi connectivity index (χ1n) is 10.3. The smallest absolute Gasteiger partial charge is 0.326 e. The zero-order chi connectivity index (χ0) is 24.3. The summed E-state index contributed by atoms with van der Waals surface area (Å²) in [6.45, 7) is -0.594. The quantitative estimate of drug-likeness (QED) is 0.230. The third-order valence-electron chi connectivity index (χ3n) is 5.60. The molecule has 1 fully saturated rings. The third-order valence-corrected chi connectivity index (χ3v) is 5.60. The molecule has 33 heavy (non-hydrogen) atoms. The minimum Gasteiger partial charge on any atom is -0.481 e. The average molecular weight is 466 g/mol. The number of carboxylic acids is 2. The first-order valence-corrected chi connectivity index (χ1v) is 10.3. The van der Waals surface area contributed by atoms with E-state index in [1.807, 2.05) is 0 Å². The van der Waals surface area contributed by atoms with Crippen molar-refractivity contribution in [2.45, 2.75) is 55.9 Å². The average Bonchev–Trinajstić information content (AvgIpc) is 3.13. The second-order valence-electron chi connectivity index (χ2n) is 7.87. The predicted molar refractivity (Wildman–Crippen MR) is 111 cm³/mol. The van der Waals surface area contributed by atoms with E-state index in [0.717, 1.165) is 0 Å². The van der Waals surface area contributed by atoms with Gasteiger partial charge in [0.15, 0.2) is 6.23 Å². The molecule has 3 rings (SSSR count). The lowest BCUT2D eigenvalue weighted by atomic mass is 9.98. The van der Waals surface area contributed by atoms with Crippen molar-refractivity contribution in [3.8, 4) is 0 Å². The van der Waals surface area contributed by atoms with Crippen molar-refractivity contribution in [1.82, 2.24) is 9.88 Å².